The van der Waals surface area contributed by atoms with E-state index in [-0.39, 0.29) is 11.1 Å². The Hall–Kier alpha value is -1.82. The first-order valence-electron chi connectivity index (χ1n) is 5.55. The van der Waals surface area contributed by atoms with E-state index in [1.807, 2.05) is 0 Å². The second-order valence-corrected chi connectivity index (χ2v) is 4.58. The lowest BCUT2D eigenvalue weighted by Gasteiger charge is -2.25. The van der Waals surface area contributed by atoms with Crippen molar-refractivity contribution in [3.63, 3.8) is 0 Å². The maximum atomic E-state index is 13.0. The summed E-state index contributed by atoms with van der Waals surface area (Å²) in [7, 11) is 0. The van der Waals surface area contributed by atoms with E-state index in [1.54, 1.807) is 13.8 Å². The van der Waals surface area contributed by atoms with Gasteiger partial charge in [0.1, 0.15) is 12.4 Å². The number of anilines is 1. The van der Waals surface area contributed by atoms with Gasteiger partial charge in [0.2, 0.25) is 0 Å². The molecule has 1 rings (SSSR count). The second kappa shape index (κ2) is 6.38. The van der Waals surface area contributed by atoms with Crippen LogP contribution in [0.2, 0.25) is 5.02 Å². The normalized spacial score (nSPS) is 10.4. The minimum Gasteiger partial charge on any atom is -0.480 e. The van der Waals surface area contributed by atoms with Gasteiger partial charge in [0.05, 0.1) is 5.02 Å². The molecule has 0 saturated heterocycles. The number of hydrogen-bond acceptors (Lipinski definition) is 2. The van der Waals surface area contributed by atoms with Crippen LogP contribution in [-0.4, -0.2) is 34.6 Å². The summed E-state index contributed by atoms with van der Waals surface area (Å²) in [5.41, 5.74) is 0.299. The first kappa shape index (κ1) is 15.2. The molecule has 0 fully saturated rings. The van der Waals surface area contributed by atoms with E-state index in [0.717, 1.165) is 11.0 Å². The number of urea groups is 1. The highest BCUT2D eigenvalue weighted by Crippen LogP contribution is 2.19. The van der Waals surface area contributed by atoms with Gasteiger partial charge in [0, 0.05) is 11.7 Å². The van der Waals surface area contributed by atoms with Crippen LogP contribution in [0.3, 0.4) is 0 Å². The first-order chi connectivity index (χ1) is 8.81. The summed E-state index contributed by atoms with van der Waals surface area (Å²) in [5.74, 6) is -1.70. The molecule has 2 N–H and O–H groups in total. The van der Waals surface area contributed by atoms with Gasteiger partial charge in [-0.15, -0.1) is 0 Å². The summed E-state index contributed by atoms with van der Waals surface area (Å²) < 4.78 is 13.0. The van der Waals surface area contributed by atoms with Crippen molar-refractivity contribution in [3.05, 3.63) is 29.0 Å². The SMILES string of the molecule is CC(C)N(CC(=O)O)C(=O)Nc1ccc(F)c(Cl)c1. The molecule has 0 saturated carbocycles. The molecule has 0 aromatic heterocycles. The molecular formula is C12H14ClFN2O3. The van der Waals surface area contributed by atoms with Gasteiger partial charge >= 0.3 is 12.0 Å². The number of amides is 2. The molecular weight excluding hydrogens is 275 g/mol. The van der Waals surface area contributed by atoms with Gasteiger partial charge in [-0.2, -0.15) is 0 Å². The molecule has 0 atom stereocenters. The van der Waals surface area contributed by atoms with E-state index in [2.05, 4.69) is 5.32 Å². The molecule has 1 aromatic rings. The van der Waals surface area contributed by atoms with E-state index in [4.69, 9.17) is 16.7 Å². The molecule has 1 aromatic carbocycles. The molecule has 0 heterocycles. The largest absolute Gasteiger partial charge is 0.480 e. The average molecular weight is 289 g/mol. The lowest BCUT2D eigenvalue weighted by atomic mass is 10.3. The number of rotatable bonds is 4. The van der Waals surface area contributed by atoms with Crippen molar-refractivity contribution in [2.45, 2.75) is 19.9 Å². The molecule has 0 aliphatic rings. The van der Waals surface area contributed by atoms with Crippen LogP contribution in [0.1, 0.15) is 13.8 Å². The van der Waals surface area contributed by atoms with Crippen LogP contribution in [-0.2, 0) is 4.79 Å². The number of halogens is 2. The Labute approximate surface area is 115 Å². The van der Waals surface area contributed by atoms with E-state index >= 15 is 0 Å². The number of carboxylic acid groups (broad SMARTS) is 1. The monoisotopic (exact) mass is 288 g/mol. The molecule has 0 spiro atoms. The summed E-state index contributed by atoms with van der Waals surface area (Å²) in [6.45, 7) is 2.97. The summed E-state index contributed by atoms with van der Waals surface area (Å²) in [4.78, 5) is 23.7. The Morgan fingerprint density at radius 3 is 2.58 bits per heavy atom. The second-order valence-electron chi connectivity index (χ2n) is 4.17. The molecule has 0 aliphatic carbocycles. The van der Waals surface area contributed by atoms with Crippen molar-refractivity contribution in [2.75, 3.05) is 11.9 Å². The smallest absolute Gasteiger partial charge is 0.323 e. The topological polar surface area (TPSA) is 69.6 Å². The predicted molar refractivity (Wildman–Crippen MR) is 69.9 cm³/mol. The molecule has 5 nitrogen and oxygen atoms in total. The van der Waals surface area contributed by atoms with Crippen LogP contribution in [0, 0.1) is 5.82 Å². The summed E-state index contributed by atoms with van der Waals surface area (Å²) in [6, 6.07) is 2.86. The van der Waals surface area contributed by atoms with Gasteiger partial charge in [0.25, 0.3) is 0 Å². The highest BCUT2D eigenvalue weighted by molar-refractivity contribution is 6.31. The fourth-order valence-electron chi connectivity index (χ4n) is 1.40. The van der Waals surface area contributed by atoms with Gasteiger partial charge in [0.15, 0.2) is 0 Å². The number of carbonyl (C=O) groups is 2. The van der Waals surface area contributed by atoms with Crippen molar-refractivity contribution < 1.29 is 19.1 Å². The van der Waals surface area contributed by atoms with Crippen molar-refractivity contribution in [1.82, 2.24) is 4.90 Å². The maximum Gasteiger partial charge on any atom is 0.323 e. The van der Waals surface area contributed by atoms with Crippen molar-refractivity contribution in [1.29, 1.82) is 0 Å². The Kier molecular flexibility index (Phi) is 5.11. The zero-order valence-corrected chi connectivity index (χ0v) is 11.2. The van der Waals surface area contributed by atoms with Crippen LogP contribution < -0.4 is 5.32 Å². The van der Waals surface area contributed by atoms with E-state index in [1.165, 1.54) is 12.1 Å². The Balaban J connectivity index is 2.81. The number of carboxylic acids is 1. The molecule has 0 unspecified atom stereocenters. The van der Waals surface area contributed by atoms with Crippen LogP contribution in [0.25, 0.3) is 0 Å². The standard InChI is InChI=1S/C12H14ClFN2O3/c1-7(2)16(6-11(17)18)12(19)15-8-3-4-10(14)9(13)5-8/h3-5,7H,6H2,1-2H3,(H,15,19)(H,17,18). The Morgan fingerprint density at radius 2 is 2.11 bits per heavy atom. The number of nitrogens with one attached hydrogen (secondary N) is 1. The summed E-state index contributed by atoms with van der Waals surface area (Å²) >= 11 is 5.59. The Morgan fingerprint density at radius 1 is 1.47 bits per heavy atom. The maximum absolute atomic E-state index is 13.0. The fourth-order valence-corrected chi connectivity index (χ4v) is 1.58. The van der Waals surface area contributed by atoms with Gasteiger partial charge < -0.3 is 15.3 Å². The zero-order valence-electron chi connectivity index (χ0n) is 10.5. The number of hydrogen-bond donors (Lipinski definition) is 2. The molecule has 7 heteroatoms. The lowest BCUT2D eigenvalue weighted by Crippen LogP contribution is -2.43. The number of benzene rings is 1. The van der Waals surface area contributed by atoms with Crippen LogP contribution in [0.4, 0.5) is 14.9 Å². The van der Waals surface area contributed by atoms with Crippen LogP contribution in [0.15, 0.2) is 18.2 Å². The number of nitrogens with zero attached hydrogens (tertiary/aromatic N) is 1. The van der Waals surface area contributed by atoms with E-state index in [0.29, 0.717) is 5.69 Å². The van der Waals surface area contributed by atoms with Crippen molar-refractivity contribution in [2.24, 2.45) is 0 Å². The third-order valence-corrected chi connectivity index (χ3v) is 2.65. The van der Waals surface area contributed by atoms with E-state index in [9.17, 15) is 14.0 Å². The summed E-state index contributed by atoms with van der Waals surface area (Å²) in [5, 5.41) is 11.1. The first-order valence-corrected chi connectivity index (χ1v) is 5.93. The predicted octanol–water partition coefficient (Wildman–Crippen LogP) is 2.81. The molecule has 0 aliphatic heterocycles. The fraction of sp³-hybridized carbons (Fsp3) is 0.333. The average Bonchev–Trinajstić information content (AvgIpc) is 2.30. The quantitative estimate of drug-likeness (QED) is 0.895. The zero-order chi connectivity index (χ0) is 14.6. The molecule has 104 valence electrons. The van der Waals surface area contributed by atoms with Gasteiger partial charge in [-0.3, -0.25) is 4.79 Å². The third-order valence-electron chi connectivity index (χ3n) is 2.36. The minimum atomic E-state index is -1.11. The van der Waals surface area contributed by atoms with Crippen LogP contribution in [0.5, 0.6) is 0 Å². The highest BCUT2D eigenvalue weighted by atomic mass is 35.5. The minimum absolute atomic E-state index is 0.118. The molecule has 19 heavy (non-hydrogen) atoms. The van der Waals surface area contributed by atoms with E-state index < -0.39 is 24.4 Å². The lowest BCUT2D eigenvalue weighted by molar-refractivity contribution is -0.137. The number of aliphatic carboxylic acids is 1. The van der Waals surface area contributed by atoms with Crippen LogP contribution >= 0.6 is 11.6 Å². The number of carbonyl (C=O) groups excluding carboxylic acids is 1. The Bertz CT molecular complexity index is 494. The molecule has 2 amide bonds. The van der Waals surface area contributed by atoms with Gasteiger partial charge in [-0.25, -0.2) is 9.18 Å². The third kappa shape index (κ3) is 4.40. The van der Waals surface area contributed by atoms with Crippen molar-refractivity contribution in [3.8, 4) is 0 Å². The molecule has 0 bridgehead atoms. The summed E-state index contributed by atoms with van der Waals surface area (Å²) in [6.07, 6.45) is 0. The van der Waals surface area contributed by atoms with Crippen molar-refractivity contribution >= 4 is 29.3 Å². The van der Waals surface area contributed by atoms with Gasteiger partial charge in [-0.1, -0.05) is 11.6 Å². The molecule has 0 radical (unpaired) electrons. The highest BCUT2D eigenvalue weighted by Gasteiger charge is 2.20. The van der Waals surface area contributed by atoms with Gasteiger partial charge in [-0.05, 0) is 32.0 Å².